The third-order valence-electron chi connectivity index (χ3n) is 1.54. The third-order valence-corrected chi connectivity index (χ3v) is 2.62. The lowest BCUT2D eigenvalue weighted by atomic mass is 10.2. The molecule has 0 rings (SSSR count). The van der Waals surface area contributed by atoms with Gasteiger partial charge in [0.25, 0.3) is 0 Å². The molecule has 0 radical (unpaired) electrons. The molecule has 0 heterocycles. The van der Waals surface area contributed by atoms with Crippen LogP contribution < -0.4 is 0 Å². The van der Waals surface area contributed by atoms with E-state index in [1.54, 1.807) is 14.0 Å². The van der Waals surface area contributed by atoms with Crippen molar-refractivity contribution >= 4 is 22.8 Å². The summed E-state index contributed by atoms with van der Waals surface area (Å²) < 4.78 is 0. The Kier molecular flexibility index (Phi) is 5.73. The Balaban J connectivity index is 3.89. The molecule has 0 aromatic carbocycles. The molecule has 5 heteroatoms. The predicted octanol–water partition coefficient (Wildman–Crippen LogP) is 0.922. The van der Waals surface area contributed by atoms with E-state index in [1.807, 2.05) is 0 Å². The number of hydrogen-bond acceptors (Lipinski definition) is 4. The van der Waals surface area contributed by atoms with Crippen molar-refractivity contribution < 1.29 is 14.4 Å². The molecule has 0 unspecified atom stereocenters. The van der Waals surface area contributed by atoms with Crippen molar-refractivity contribution in [3.63, 3.8) is 0 Å². The van der Waals surface area contributed by atoms with Crippen molar-refractivity contribution in [3.8, 4) is 0 Å². The van der Waals surface area contributed by atoms with Gasteiger partial charge in [-0.05, 0) is 0 Å². The highest BCUT2D eigenvalue weighted by Gasteiger charge is 2.17. The smallest absolute Gasteiger partial charge is 0.249 e. The summed E-state index contributed by atoms with van der Waals surface area (Å²) in [6.07, 6.45) is 0. The molecule has 0 bridgehead atoms. The minimum atomic E-state index is -0.196. The minimum Gasteiger partial charge on any atom is -0.288 e. The number of carbonyl (C=O) groups excluding carboxylic acids is 2. The summed E-state index contributed by atoms with van der Waals surface area (Å²) in [5.74, 6) is 0.192. The maximum absolute atomic E-state index is 11.4. The number of rotatable bonds is 4. The molecule has 4 nitrogen and oxygen atoms in total. The molecule has 0 aromatic rings. The second-order valence-corrected chi connectivity index (χ2v) is 3.92. The molecule has 0 fully saturated rings. The van der Waals surface area contributed by atoms with E-state index in [0.29, 0.717) is 5.75 Å². The van der Waals surface area contributed by atoms with Crippen molar-refractivity contribution in [1.82, 2.24) is 5.06 Å². The van der Waals surface area contributed by atoms with E-state index in [0.717, 1.165) is 11.8 Å². The number of amides is 1. The van der Waals surface area contributed by atoms with Gasteiger partial charge in [-0.2, -0.15) is 0 Å². The largest absolute Gasteiger partial charge is 0.288 e. The molecule has 0 saturated heterocycles. The van der Waals surface area contributed by atoms with Crippen molar-refractivity contribution in [1.29, 1.82) is 0 Å². The molecule has 76 valence electrons. The van der Waals surface area contributed by atoms with E-state index in [4.69, 9.17) is 4.84 Å². The minimum absolute atomic E-state index is 0.0275. The zero-order valence-corrected chi connectivity index (χ0v) is 9.18. The summed E-state index contributed by atoms with van der Waals surface area (Å²) in [6, 6.07) is 0. The topological polar surface area (TPSA) is 46.6 Å². The quantitative estimate of drug-likeness (QED) is 0.640. The van der Waals surface area contributed by atoms with E-state index in [9.17, 15) is 9.59 Å². The van der Waals surface area contributed by atoms with Crippen LogP contribution >= 0.6 is 11.8 Å². The average molecular weight is 205 g/mol. The van der Waals surface area contributed by atoms with Crippen molar-refractivity contribution in [2.75, 3.05) is 19.9 Å². The van der Waals surface area contributed by atoms with Gasteiger partial charge in [-0.25, -0.2) is 5.06 Å². The maximum atomic E-state index is 11.4. The SMILES string of the molecule is CON(C)C(=O)[C@@H](C)CSC(C)=O. The summed E-state index contributed by atoms with van der Waals surface area (Å²) in [7, 11) is 2.99. The zero-order chi connectivity index (χ0) is 10.4. The Morgan fingerprint density at radius 2 is 2.08 bits per heavy atom. The molecule has 0 aliphatic heterocycles. The van der Waals surface area contributed by atoms with Crippen LogP contribution in [-0.4, -0.2) is 36.0 Å². The van der Waals surface area contributed by atoms with Crippen LogP contribution in [0.3, 0.4) is 0 Å². The Hall–Kier alpha value is -0.550. The number of carbonyl (C=O) groups is 2. The second-order valence-electron chi connectivity index (χ2n) is 2.72. The van der Waals surface area contributed by atoms with Crippen molar-refractivity contribution in [3.05, 3.63) is 0 Å². The van der Waals surface area contributed by atoms with E-state index in [2.05, 4.69) is 0 Å². The van der Waals surface area contributed by atoms with E-state index < -0.39 is 0 Å². The van der Waals surface area contributed by atoms with Gasteiger partial charge in [0, 0.05) is 25.6 Å². The van der Waals surface area contributed by atoms with Gasteiger partial charge < -0.3 is 0 Å². The van der Waals surface area contributed by atoms with Gasteiger partial charge in [0.2, 0.25) is 5.91 Å². The van der Waals surface area contributed by atoms with Gasteiger partial charge in [0.15, 0.2) is 5.12 Å². The lowest BCUT2D eigenvalue weighted by Gasteiger charge is -2.17. The molecule has 0 spiro atoms. The van der Waals surface area contributed by atoms with Crippen LogP contribution in [0.5, 0.6) is 0 Å². The van der Waals surface area contributed by atoms with Crippen LogP contribution in [0.15, 0.2) is 0 Å². The molecular weight excluding hydrogens is 190 g/mol. The normalized spacial score (nSPS) is 12.3. The highest BCUT2D eigenvalue weighted by molar-refractivity contribution is 8.13. The number of hydroxylamine groups is 2. The average Bonchev–Trinajstić information content (AvgIpc) is 2.11. The van der Waals surface area contributed by atoms with Gasteiger partial charge in [0.1, 0.15) is 0 Å². The van der Waals surface area contributed by atoms with Gasteiger partial charge in [0.05, 0.1) is 7.11 Å². The summed E-state index contributed by atoms with van der Waals surface area (Å²) in [5, 5.41) is 1.20. The monoisotopic (exact) mass is 205 g/mol. The molecule has 1 atom stereocenters. The number of nitrogens with zero attached hydrogens (tertiary/aromatic N) is 1. The standard InChI is InChI=1S/C8H15NO3S/c1-6(5-13-7(2)10)8(11)9(3)12-4/h6H,5H2,1-4H3/t6-/m0/s1. The van der Waals surface area contributed by atoms with Crippen LogP contribution in [0, 0.1) is 5.92 Å². The van der Waals surface area contributed by atoms with Crippen molar-refractivity contribution in [2.45, 2.75) is 13.8 Å². The zero-order valence-electron chi connectivity index (χ0n) is 8.36. The highest BCUT2D eigenvalue weighted by Crippen LogP contribution is 2.11. The lowest BCUT2D eigenvalue weighted by Crippen LogP contribution is -2.31. The van der Waals surface area contributed by atoms with E-state index >= 15 is 0 Å². The van der Waals surface area contributed by atoms with Gasteiger partial charge in [-0.1, -0.05) is 18.7 Å². The molecule has 13 heavy (non-hydrogen) atoms. The molecular formula is C8H15NO3S. The molecule has 0 aliphatic carbocycles. The second kappa shape index (κ2) is 5.99. The van der Waals surface area contributed by atoms with E-state index in [1.165, 1.54) is 19.1 Å². The fourth-order valence-electron chi connectivity index (χ4n) is 0.714. The third kappa shape index (κ3) is 4.90. The Morgan fingerprint density at radius 1 is 1.54 bits per heavy atom. The van der Waals surface area contributed by atoms with Crippen LogP contribution in [0.25, 0.3) is 0 Å². The summed E-state index contributed by atoms with van der Waals surface area (Å²) in [4.78, 5) is 26.7. The van der Waals surface area contributed by atoms with Crippen LogP contribution in [0.4, 0.5) is 0 Å². The summed E-state index contributed by atoms with van der Waals surface area (Å²) in [5.41, 5.74) is 0. The van der Waals surface area contributed by atoms with Crippen LogP contribution in [-0.2, 0) is 14.4 Å². The number of thioether (sulfide) groups is 1. The predicted molar refractivity (Wildman–Crippen MR) is 52.1 cm³/mol. The van der Waals surface area contributed by atoms with E-state index in [-0.39, 0.29) is 16.9 Å². The number of hydrogen-bond donors (Lipinski definition) is 0. The van der Waals surface area contributed by atoms with Gasteiger partial charge in [-0.3, -0.25) is 14.4 Å². The first kappa shape index (κ1) is 12.4. The highest BCUT2D eigenvalue weighted by atomic mass is 32.2. The fourth-order valence-corrected chi connectivity index (χ4v) is 1.34. The molecule has 0 aliphatic rings. The van der Waals surface area contributed by atoms with Crippen LogP contribution in [0.1, 0.15) is 13.8 Å². The first-order valence-electron chi connectivity index (χ1n) is 3.94. The Labute approximate surface area is 82.6 Å². The molecule has 0 aromatic heterocycles. The maximum Gasteiger partial charge on any atom is 0.249 e. The van der Waals surface area contributed by atoms with Crippen LogP contribution in [0.2, 0.25) is 0 Å². The van der Waals surface area contributed by atoms with Crippen molar-refractivity contribution in [2.24, 2.45) is 5.92 Å². The Bertz CT molecular complexity index is 196. The first-order valence-corrected chi connectivity index (χ1v) is 4.92. The summed E-state index contributed by atoms with van der Waals surface area (Å²) in [6.45, 7) is 3.26. The molecule has 0 N–H and O–H groups in total. The van der Waals surface area contributed by atoms with Gasteiger partial charge >= 0.3 is 0 Å². The fraction of sp³-hybridized carbons (Fsp3) is 0.750. The first-order chi connectivity index (χ1) is 5.99. The summed E-state index contributed by atoms with van der Waals surface area (Å²) >= 11 is 1.15. The Morgan fingerprint density at radius 3 is 2.46 bits per heavy atom. The van der Waals surface area contributed by atoms with Gasteiger partial charge in [-0.15, -0.1) is 0 Å². The molecule has 0 saturated carbocycles. The molecule has 1 amide bonds. The lowest BCUT2D eigenvalue weighted by molar-refractivity contribution is -0.172.